The van der Waals surface area contributed by atoms with Crippen molar-refractivity contribution in [3.63, 3.8) is 0 Å². The molecule has 0 fully saturated rings. The maximum Gasteiger partial charge on any atom is 0.333 e. The molecular formula is C5H13NNaO3S. The Balaban J connectivity index is 0. The Morgan fingerprint density at radius 3 is 2.18 bits per heavy atom. The van der Waals surface area contributed by atoms with E-state index < -0.39 is 10.3 Å². The number of hydrogen-bond donors (Lipinski definition) is 1. The van der Waals surface area contributed by atoms with E-state index in [9.17, 15) is 8.42 Å². The Labute approximate surface area is 90.0 Å². The van der Waals surface area contributed by atoms with Crippen molar-refractivity contribution < 1.29 is 12.6 Å². The Bertz CT molecular complexity index is 178. The first-order valence-electron chi connectivity index (χ1n) is 3.09. The molecule has 0 bridgehead atoms. The molecule has 4 nitrogen and oxygen atoms in total. The summed E-state index contributed by atoms with van der Waals surface area (Å²) >= 11 is 0. The van der Waals surface area contributed by atoms with Crippen LogP contribution in [0.3, 0.4) is 0 Å². The summed E-state index contributed by atoms with van der Waals surface area (Å²) in [4.78, 5) is 0. The fourth-order valence-electron chi connectivity index (χ4n) is 0.400. The van der Waals surface area contributed by atoms with E-state index in [1.807, 2.05) is 13.8 Å². The summed E-state index contributed by atoms with van der Waals surface area (Å²) in [7, 11) is -3.72. The predicted octanol–water partition coefficient (Wildman–Crippen LogP) is -0.128. The van der Waals surface area contributed by atoms with Gasteiger partial charge in [-0.1, -0.05) is 13.8 Å². The summed E-state index contributed by atoms with van der Waals surface area (Å²) in [6, 6.07) is 0. The number of hydrogen-bond acceptors (Lipinski definition) is 3. The largest absolute Gasteiger partial charge is 0.333 e. The number of nitrogens with two attached hydrogens (primary N) is 1. The van der Waals surface area contributed by atoms with Gasteiger partial charge in [0.15, 0.2) is 0 Å². The van der Waals surface area contributed by atoms with Gasteiger partial charge >= 0.3 is 10.3 Å². The fourth-order valence-corrected chi connectivity index (χ4v) is 0.729. The molecule has 6 heteroatoms. The topological polar surface area (TPSA) is 69.4 Å². The molecule has 0 aliphatic heterocycles. The van der Waals surface area contributed by atoms with E-state index in [1.54, 1.807) is 0 Å². The van der Waals surface area contributed by atoms with E-state index >= 15 is 0 Å². The summed E-state index contributed by atoms with van der Waals surface area (Å²) in [5.41, 5.74) is 0. The van der Waals surface area contributed by atoms with Crippen molar-refractivity contribution in [3.05, 3.63) is 0 Å². The van der Waals surface area contributed by atoms with Crippen LogP contribution in [-0.2, 0) is 14.5 Å². The van der Waals surface area contributed by atoms with Crippen LogP contribution in [0.5, 0.6) is 0 Å². The summed E-state index contributed by atoms with van der Waals surface area (Å²) in [6.07, 6.45) is 0.705. The Morgan fingerprint density at radius 2 is 1.91 bits per heavy atom. The van der Waals surface area contributed by atoms with E-state index in [2.05, 4.69) is 9.32 Å². The number of rotatable bonds is 4. The SMILES string of the molecule is CC(C)CCOS(N)(=O)=O.[Na]. The van der Waals surface area contributed by atoms with Crippen molar-refractivity contribution in [2.24, 2.45) is 11.1 Å². The maximum atomic E-state index is 10.2. The van der Waals surface area contributed by atoms with Gasteiger partial charge in [-0.15, -0.1) is 0 Å². The quantitative estimate of drug-likeness (QED) is 0.628. The Hall–Kier alpha value is 0.870. The molecule has 0 saturated carbocycles. The minimum absolute atomic E-state index is 0. The van der Waals surface area contributed by atoms with Crippen LogP contribution in [0.25, 0.3) is 0 Å². The Morgan fingerprint density at radius 1 is 1.45 bits per heavy atom. The molecule has 0 amide bonds. The van der Waals surface area contributed by atoms with Gasteiger partial charge in [-0.2, -0.15) is 8.42 Å². The van der Waals surface area contributed by atoms with Crippen molar-refractivity contribution in [1.82, 2.24) is 0 Å². The smallest absolute Gasteiger partial charge is 0.258 e. The van der Waals surface area contributed by atoms with Crippen LogP contribution < -0.4 is 5.14 Å². The summed E-state index contributed by atoms with van der Waals surface area (Å²) in [5.74, 6) is 0.432. The molecule has 0 heterocycles. The molecule has 0 aromatic heterocycles. The van der Waals surface area contributed by atoms with Crippen LogP contribution >= 0.6 is 0 Å². The fraction of sp³-hybridized carbons (Fsp3) is 1.00. The van der Waals surface area contributed by atoms with Gasteiger partial charge in [-0.05, 0) is 12.3 Å². The first kappa shape index (κ1) is 14.4. The zero-order valence-corrected chi connectivity index (χ0v) is 10.0. The van der Waals surface area contributed by atoms with Crippen molar-refractivity contribution in [2.75, 3.05) is 6.61 Å². The normalized spacial score (nSPS) is 11.3. The first-order valence-corrected chi connectivity index (χ1v) is 4.56. The molecule has 0 aliphatic rings. The maximum absolute atomic E-state index is 10.2. The van der Waals surface area contributed by atoms with Gasteiger partial charge < -0.3 is 0 Å². The second kappa shape index (κ2) is 6.39. The Kier molecular flexibility index (Phi) is 8.37. The summed E-state index contributed by atoms with van der Waals surface area (Å²) in [6.45, 7) is 4.13. The monoisotopic (exact) mass is 190 g/mol. The molecule has 0 saturated heterocycles. The average molecular weight is 190 g/mol. The molecule has 0 unspecified atom stereocenters. The predicted molar refractivity (Wildman–Crippen MR) is 44.3 cm³/mol. The second-order valence-electron chi connectivity index (χ2n) is 2.50. The van der Waals surface area contributed by atoms with Gasteiger partial charge in [0.1, 0.15) is 0 Å². The van der Waals surface area contributed by atoms with Gasteiger partial charge in [-0.3, -0.25) is 4.18 Å². The second-order valence-corrected chi connectivity index (χ2v) is 3.72. The molecule has 63 valence electrons. The molecule has 1 radical (unpaired) electrons. The van der Waals surface area contributed by atoms with Crippen LogP contribution in [0.4, 0.5) is 0 Å². The standard InChI is InChI=1S/C5H13NO3S.Na/c1-5(2)3-4-9-10(6,7)8;/h5H,3-4H2,1-2H3,(H2,6,7,8);. The van der Waals surface area contributed by atoms with Gasteiger partial charge in [0.25, 0.3) is 0 Å². The van der Waals surface area contributed by atoms with Crippen LogP contribution in [0.2, 0.25) is 0 Å². The van der Waals surface area contributed by atoms with Crippen LogP contribution in [-0.4, -0.2) is 44.6 Å². The molecule has 0 aromatic rings. The van der Waals surface area contributed by atoms with Crippen LogP contribution in [0.15, 0.2) is 0 Å². The summed E-state index contributed by atoms with van der Waals surface area (Å²) in [5, 5.41) is 4.57. The third kappa shape index (κ3) is 13.8. The van der Waals surface area contributed by atoms with Crippen LogP contribution in [0.1, 0.15) is 20.3 Å². The molecule has 11 heavy (non-hydrogen) atoms. The van der Waals surface area contributed by atoms with Crippen molar-refractivity contribution >= 4 is 39.9 Å². The molecule has 0 spiro atoms. The minimum atomic E-state index is -3.72. The van der Waals surface area contributed by atoms with E-state index in [1.165, 1.54) is 0 Å². The third-order valence-corrected chi connectivity index (χ3v) is 1.44. The van der Waals surface area contributed by atoms with Gasteiger partial charge in [0.2, 0.25) is 0 Å². The third-order valence-electron chi connectivity index (χ3n) is 0.943. The minimum Gasteiger partial charge on any atom is -0.258 e. The van der Waals surface area contributed by atoms with E-state index in [4.69, 9.17) is 0 Å². The summed E-state index contributed by atoms with van der Waals surface area (Å²) < 4.78 is 24.6. The first-order chi connectivity index (χ1) is 4.42. The van der Waals surface area contributed by atoms with E-state index in [-0.39, 0.29) is 36.2 Å². The molecule has 0 aliphatic carbocycles. The van der Waals surface area contributed by atoms with Crippen molar-refractivity contribution in [3.8, 4) is 0 Å². The van der Waals surface area contributed by atoms with Gasteiger partial charge in [-0.25, -0.2) is 5.14 Å². The van der Waals surface area contributed by atoms with Crippen molar-refractivity contribution in [1.29, 1.82) is 0 Å². The van der Waals surface area contributed by atoms with E-state index in [0.29, 0.717) is 12.3 Å². The van der Waals surface area contributed by atoms with E-state index in [0.717, 1.165) is 0 Å². The van der Waals surface area contributed by atoms with Crippen molar-refractivity contribution in [2.45, 2.75) is 20.3 Å². The molecule has 0 rings (SSSR count). The average Bonchev–Trinajstić information content (AvgIpc) is 1.59. The zero-order chi connectivity index (χ0) is 8.20. The molecular weight excluding hydrogens is 177 g/mol. The molecule has 2 N–H and O–H groups in total. The van der Waals surface area contributed by atoms with Gasteiger partial charge in [0, 0.05) is 29.6 Å². The molecule has 0 atom stereocenters. The molecule has 0 aromatic carbocycles. The zero-order valence-electron chi connectivity index (χ0n) is 7.20. The van der Waals surface area contributed by atoms with Gasteiger partial charge in [0.05, 0.1) is 6.61 Å². The van der Waals surface area contributed by atoms with Crippen LogP contribution in [0, 0.1) is 5.92 Å².